The summed E-state index contributed by atoms with van der Waals surface area (Å²) in [6, 6.07) is 8.41. The van der Waals surface area contributed by atoms with Gasteiger partial charge >= 0.3 is 0 Å². The predicted molar refractivity (Wildman–Crippen MR) is 73.0 cm³/mol. The topological polar surface area (TPSA) is 37.8 Å². The number of rotatable bonds is 3. The van der Waals surface area contributed by atoms with Crippen LogP contribution in [0.5, 0.6) is 0 Å². The van der Waals surface area contributed by atoms with Gasteiger partial charge in [0.05, 0.1) is 4.47 Å². The fourth-order valence-corrected chi connectivity index (χ4v) is 1.92. The number of aryl methyl sites for hydroxylation is 2. The van der Waals surface area contributed by atoms with Gasteiger partial charge in [0.25, 0.3) is 0 Å². The van der Waals surface area contributed by atoms with Gasteiger partial charge in [-0.2, -0.15) is 0 Å². The number of aromatic nitrogens is 2. The van der Waals surface area contributed by atoms with Crippen molar-refractivity contribution >= 4 is 21.7 Å². The minimum Gasteiger partial charge on any atom is -0.365 e. The molecule has 0 unspecified atom stereocenters. The van der Waals surface area contributed by atoms with Gasteiger partial charge < -0.3 is 5.32 Å². The SMILES string of the molecule is Cc1cccc(CNc2nc(C)ncc2Br)c1. The molecule has 17 heavy (non-hydrogen) atoms. The van der Waals surface area contributed by atoms with E-state index in [2.05, 4.69) is 62.4 Å². The molecule has 0 amide bonds. The number of hydrogen-bond donors (Lipinski definition) is 1. The highest BCUT2D eigenvalue weighted by Crippen LogP contribution is 2.19. The highest BCUT2D eigenvalue weighted by atomic mass is 79.9. The number of hydrogen-bond acceptors (Lipinski definition) is 3. The van der Waals surface area contributed by atoms with Gasteiger partial charge in [0.15, 0.2) is 0 Å². The van der Waals surface area contributed by atoms with Crippen molar-refractivity contribution in [1.82, 2.24) is 9.97 Å². The van der Waals surface area contributed by atoms with Crippen LogP contribution in [0.15, 0.2) is 34.9 Å². The standard InChI is InChI=1S/C13H14BrN3/c1-9-4-3-5-11(6-9)7-16-13-12(14)8-15-10(2)17-13/h3-6,8H,7H2,1-2H3,(H,15,16,17). The van der Waals surface area contributed by atoms with Crippen LogP contribution in [-0.4, -0.2) is 9.97 Å². The molecule has 0 radical (unpaired) electrons. The van der Waals surface area contributed by atoms with Crippen molar-refractivity contribution in [3.63, 3.8) is 0 Å². The van der Waals surface area contributed by atoms with Crippen molar-refractivity contribution in [2.45, 2.75) is 20.4 Å². The van der Waals surface area contributed by atoms with E-state index in [1.54, 1.807) is 6.20 Å². The van der Waals surface area contributed by atoms with Crippen LogP contribution < -0.4 is 5.32 Å². The van der Waals surface area contributed by atoms with Crippen molar-refractivity contribution in [3.8, 4) is 0 Å². The van der Waals surface area contributed by atoms with Crippen LogP contribution >= 0.6 is 15.9 Å². The summed E-state index contributed by atoms with van der Waals surface area (Å²) in [5, 5.41) is 3.30. The summed E-state index contributed by atoms with van der Waals surface area (Å²) in [5.74, 6) is 1.60. The maximum Gasteiger partial charge on any atom is 0.144 e. The van der Waals surface area contributed by atoms with Crippen molar-refractivity contribution in [2.24, 2.45) is 0 Å². The predicted octanol–water partition coefficient (Wildman–Crippen LogP) is 3.47. The Morgan fingerprint density at radius 1 is 1.29 bits per heavy atom. The van der Waals surface area contributed by atoms with Crippen LogP contribution in [0.1, 0.15) is 17.0 Å². The summed E-state index contributed by atoms with van der Waals surface area (Å²) in [6.45, 7) is 4.73. The first kappa shape index (κ1) is 12.0. The average molecular weight is 292 g/mol. The molecular weight excluding hydrogens is 278 g/mol. The fraction of sp³-hybridized carbons (Fsp3) is 0.231. The highest BCUT2D eigenvalue weighted by molar-refractivity contribution is 9.10. The molecule has 0 saturated carbocycles. The van der Waals surface area contributed by atoms with E-state index >= 15 is 0 Å². The number of benzene rings is 1. The van der Waals surface area contributed by atoms with Gasteiger partial charge in [-0.25, -0.2) is 9.97 Å². The van der Waals surface area contributed by atoms with Gasteiger partial charge in [-0.05, 0) is 35.3 Å². The van der Waals surface area contributed by atoms with E-state index in [1.165, 1.54) is 11.1 Å². The second-order valence-corrected chi connectivity index (χ2v) is 4.81. The molecule has 1 aromatic carbocycles. The highest BCUT2D eigenvalue weighted by Gasteiger charge is 2.02. The van der Waals surface area contributed by atoms with Gasteiger partial charge in [-0.3, -0.25) is 0 Å². The summed E-state index contributed by atoms with van der Waals surface area (Å²) in [6.07, 6.45) is 1.76. The summed E-state index contributed by atoms with van der Waals surface area (Å²) in [5.41, 5.74) is 2.51. The molecule has 0 aliphatic rings. The van der Waals surface area contributed by atoms with Gasteiger partial charge in [-0.1, -0.05) is 29.8 Å². The van der Waals surface area contributed by atoms with Gasteiger partial charge in [-0.15, -0.1) is 0 Å². The second-order valence-electron chi connectivity index (χ2n) is 3.96. The van der Waals surface area contributed by atoms with Gasteiger partial charge in [0, 0.05) is 12.7 Å². The quantitative estimate of drug-likeness (QED) is 0.941. The van der Waals surface area contributed by atoms with Crippen LogP contribution in [0.3, 0.4) is 0 Å². The number of anilines is 1. The molecule has 4 heteroatoms. The van der Waals surface area contributed by atoms with Crippen molar-refractivity contribution in [2.75, 3.05) is 5.32 Å². The normalized spacial score (nSPS) is 10.3. The monoisotopic (exact) mass is 291 g/mol. The maximum absolute atomic E-state index is 4.34. The zero-order chi connectivity index (χ0) is 12.3. The lowest BCUT2D eigenvalue weighted by Crippen LogP contribution is -2.03. The second kappa shape index (κ2) is 5.27. The lowest BCUT2D eigenvalue weighted by Gasteiger charge is -2.08. The Morgan fingerprint density at radius 3 is 2.88 bits per heavy atom. The molecule has 3 nitrogen and oxygen atoms in total. The molecule has 0 spiro atoms. The molecule has 0 saturated heterocycles. The molecule has 1 heterocycles. The Bertz CT molecular complexity index is 526. The Kier molecular flexibility index (Phi) is 3.74. The maximum atomic E-state index is 4.34. The Morgan fingerprint density at radius 2 is 2.12 bits per heavy atom. The van der Waals surface area contributed by atoms with E-state index < -0.39 is 0 Å². The largest absolute Gasteiger partial charge is 0.365 e. The van der Waals surface area contributed by atoms with Crippen LogP contribution in [0.4, 0.5) is 5.82 Å². The molecule has 1 N–H and O–H groups in total. The minimum absolute atomic E-state index is 0.761. The zero-order valence-electron chi connectivity index (χ0n) is 9.87. The van der Waals surface area contributed by atoms with Gasteiger partial charge in [0.1, 0.15) is 11.6 Å². The van der Waals surface area contributed by atoms with Crippen LogP contribution in [0, 0.1) is 13.8 Å². The molecular formula is C13H14BrN3. The number of halogens is 1. The Labute approximate surface area is 109 Å². The molecule has 1 aromatic heterocycles. The van der Waals surface area contributed by atoms with Crippen LogP contribution in [0.2, 0.25) is 0 Å². The Hall–Kier alpha value is -1.42. The molecule has 2 aromatic rings. The Balaban J connectivity index is 2.09. The lowest BCUT2D eigenvalue weighted by atomic mass is 10.1. The van der Waals surface area contributed by atoms with Crippen molar-refractivity contribution < 1.29 is 0 Å². The molecule has 0 aliphatic heterocycles. The molecule has 0 bridgehead atoms. The van der Waals surface area contributed by atoms with E-state index in [0.717, 1.165) is 22.7 Å². The van der Waals surface area contributed by atoms with Crippen molar-refractivity contribution in [1.29, 1.82) is 0 Å². The minimum atomic E-state index is 0.761. The lowest BCUT2D eigenvalue weighted by molar-refractivity contribution is 1.01. The zero-order valence-corrected chi connectivity index (χ0v) is 11.5. The smallest absolute Gasteiger partial charge is 0.144 e. The first-order chi connectivity index (χ1) is 8.15. The molecule has 88 valence electrons. The number of nitrogens with one attached hydrogen (secondary N) is 1. The molecule has 0 atom stereocenters. The van der Waals surface area contributed by atoms with Crippen LogP contribution in [-0.2, 0) is 6.54 Å². The van der Waals surface area contributed by atoms with E-state index in [9.17, 15) is 0 Å². The van der Waals surface area contributed by atoms with Crippen LogP contribution in [0.25, 0.3) is 0 Å². The number of nitrogens with zero attached hydrogens (tertiary/aromatic N) is 2. The summed E-state index contributed by atoms with van der Waals surface area (Å²) in [7, 11) is 0. The third-order valence-corrected chi connectivity index (χ3v) is 2.99. The van der Waals surface area contributed by atoms with E-state index in [4.69, 9.17) is 0 Å². The third kappa shape index (κ3) is 3.27. The summed E-state index contributed by atoms with van der Waals surface area (Å²) >= 11 is 3.43. The summed E-state index contributed by atoms with van der Waals surface area (Å²) < 4.78 is 0.885. The van der Waals surface area contributed by atoms with E-state index in [0.29, 0.717) is 0 Å². The molecule has 2 rings (SSSR count). The average Bonchev–Trinajstić information content (AvgIpc) is 2.30. The first-order valence-corrected chi connectivity index (χ1v) is 6.23. The van der Waals surface area contributed by atoms with Crippen molar-refractivity contribution in [3.05, 3.63) is 51.9 Å². The van der Waals surface area contributed by atoms with E-state index in [-0.39, 0.29) is 0 Å². The van der Waals surface area contributed by atoms with Gasteiger partial charge in [0.2, 0.25) is 0 Å². The first-order valence-electron chi connectivity index (χ1n) is 5.44. The molecule has 0 aliphatic carbocycles. The third-order valence-electron chi connectivity index (χ3n) is 2.41. The fourth-order valence-electron chi connectivity index (χ4n) is 1.59. The molecule has 0 fully saturated rings. The van der Waals surface area contributed by atoms with E-state index in [1.807, 2.05) is 6.92 Å². The summed E-state index contributed by atoms with van der Waals surface area (Å²) in [4.78, 5) is 8.45.